The van der Waals surface area contributed by atoms with Crippen LogP contribution in [-0.4, -0.2) is 82.5 Å². The van der Waals surface area contributed by atoms with Crippen molar-refractivity contribution in [1.29, 1.82) is 0 Å². The molecule has 4 heterocycles. The quantitative estimate of drug-likeness (QED) is 0.250. The standard InChI is InChI=1S/C44H65N5O5/c1-28(2)29(3)39(4)15-16-41(6)31-11-12-34-40(5)24-53-26-44(34,32(31)13-14-42(41,7)35(39)38(50)51)22-33(36(40)54-25-43(45-8)17-20-52-21-18-43)49-37(47-27-48-49)30-10-9-19-46-23-30/h9-10,13,19,23,27-29,31,33-36,45H,11-12,14-18,20-22,24-26H2,1-8H3,(H,50,51)/t29-,31+,33-,34+,35-,36+,39-,40-,41-,42+,44+/m1/s1. The second-order valence-electron chi connectivity index (χ2n) is 19.8. The Morgan fingerprint density at radius 1 is 1.06 bits per heavy atom. The van der Waals surface area contributed by atoms with Crippen molar-refractivity contribution in [3.8, 4) is 11.4 Å². The van der Waals surface area contributed by atoms with Crippen LogP contribution in [0.1, 0.15) is 106 Å². The van der Waals surface area contributed by atoms with Crippen molar-refractivity contribution in [2.75, 3.05) is 40.1 Å². The maximum atomic E-state index is 13.6. The van der Waals surface area contributed by atoms with Crippen LogP contribution in [0.5, 0.6) is 0 Å². The van der Waals surface area contributed by atoms with E-state index in [0.717, 1.165) is 76.0 Å². The molecule has 10 nitrogen and oxygen atoms in total. The number of nitrogens with one attached hydrogen (secondary N) is 1. The highest BCUT2D eigenvalue weighted by Gasteiger charge is 2.72. The molecule has 2 aromatic heterocycles. The molecular weight excluding hydrogens is 679 g/mol. The first-order chi connectivity index (χ1) is 25.7. The number of aliphatic carboxylic acids is 1. The lowest BCUT2D eigenvalue weighted by atomic mass is 9.34. The molecule has 0 spiro atoms. The molecule has 54 heavy (non-hydrogen) atoms. The van der Waals surface area contributed by atoms with Crippen molar-refractivity contribution in [2.24, 2.45) is 56.7 Å². The van der Waals surface area contributed by atoms with E-state index in [4.69, 9.17) is 24.3 Å². The Balaban J connectivity index is 1.23. The molecular formula is C44H65N5O5. The first kappa shape index (κ1) is 38.2. The van der Waals surface area contributed by atoms with Crippen molar-refractivity contribution in [2.45, 2.75) is 118 Å². The van der Waals surface area contributed by atoms with Crippen LogP contribution in [0.15, 0.2) is 42.5 Å². The second-order valence-corrected chi connectivity index (χ2v) is 19.8. The average Bonchev–Trinajstić information content (AvgIpc) is 3.65. The van der Waals surface area contributed by atoms with Gasteiger partial charge in [0.25, 0.3) is 0 Å². The van der Waals surface area contributed by atoms with Gasteiger partial charge in [0.2, 0.25) is 0 Å². The van der Waals surface area contributed by atoms with Gasteiger partial charge < -0.3 is 24.6 Å². The summed E-state index contributed by atoms with van der Waals surface area (Å²) in [5.74, 6) is 1.17. The van der Waals surface area contributed by atoms with Gasteiger partial charge in [-0.1, -0.05) is 60.1 Å². The normalized spacial score (nSPS) is 41.9. The third kappa shape index (κ3) is 5.38. The summed E-state index contributed by atoms with van der Waals surface area (Å²) in [6.07, 6.45) is 15.3. The van der Waals surface area contributed by atoms with Crippen LogP contribution in [0.25, 0.3) is 11.4 Å². The van der Waals surface area contributed by atoms with Crippen LogP contribution in [0.4, 0.5) is 0 Å². The van der Waals surface area contributed by atoms with Gasteiger partial charge in [-0.25, -0.2) is 9.67 Å². The molecule has 5 fully saturated rings. The summed E-state index contributed by atoms with van der Waals surface area (Å²) in [5, 5.41) is 19.8. The number of carbonyl (C=O) groups is 1. The van der Waals surface area contributed by atoms with Crippen molar-refractivity contribution in [3.63, 3.8) is 0 Å². The van der Waals surface area contributed by atoms with E-state index in [1.54, 1.807) is 12.5 Å². The number of fused-ring (bicyclic) bond motifs is 3. The smallest absolute Gasteiger partial charge is 0.307 e. The molecule has 10 heteroatoms. The first-order valence-electron chi connectivity index (χ1n) is 20.9. The molecule has 296 valence electrons. The number of nitrogens with zero attached hydrogens (tertiary/aromatic N) is 4. The van der Waals surface area contributed by atoms with Gasteiger partial charge in [-0.15, -0.1) is 0 Å². The predicted molar refractivity (Wildman–Crippen MR) is 207 cm³/mol. The first-order valence-corrected chi connectivity index (χ1v) is 20.9. The number of hydrogen-bond donors (Lipinski definition) is 2. The molecule has 8 rings (SSSR count). The summed E-state index contributed by atoms with van der Waals surface area (Å²) in [6.45, 7) is 19.7. The zero-order chi connectivity index (χ0) is 38.3. The monoisotopic (exact) mass is 743 g/mol. The summed E-state index contributed by atoms with van der Waals surface area (Å²) in [4.78, 5) is 22.9. The Morgan fingerprint density at radius 3 is 2.52 bits per heavy atom. The molecule has 6 aliphatic rings. The van der Waals surface area contributed by atoms with Gasteiger partial charge >= 0.3 is 5.97 Å². The maximum absolute atomic E-state index is 13.6. The van der Waals surface area contributed by atoms with Gasteiger partial charge in [0.15, 0.2) is 5.82 Å². The molecule has 2 N–H and O–H groups in total. The van der Waals surface area contributed by atoms with Crippen molar-refractivity contribution in [1.82, 2.24) is 25.1 Å². The fourth-order valence-electron chi connectivity index (χ4n) is 13.8. The average molecular weight is 744 g/mol. The van der Waals surface area contributed by atoms with E-state index in [1.165, 1.54) is 5.57 Å². The van der Waals surface area contributed by atoms with Crippen LogP contribution >= 0.6 is 0 Å². The molecule has 2 aliphatic heterocycles. The van der Waals surface area contributed by atoms with Crippen molar-refractivity contribution < 1.29 is 24.1 Å². The molecule has 2 bridgehead atoms. The molecule has 0 unspecified atom stereocenters. The largest absolute Gasteiger partial charge is 0.481 e. The van der Waals surface area contributed by atoms with E-state index >= 15 is 0 Å². The number of likely N-dealkylation sites (N-methyl/N-ethyl adjacent to an activating group) is 1. The molecule has 0 radical (unpaired) electrons. The SMILES string of the molecule is CNC1(CO[C@H]2[C@H](n3ncnc3-c3cccnc3)C[C@@]34COC[C@]2(C)[C@@H]3CC[C@H]2C4=CC[C@@]3(C)[C@H](C(=O)O)[C@@](C)([C@H](C)C(C)C)CC[C@]23C)CCOCC1. The summed E-state index contributed by atoms with van der Waals surface area (Å²) in [7, 11) is 2.05. The number of carboxylic acids is 1. The Labute approximate surface area is 322 Å². The lowest BCUT2D eigenvalue weighted by Gasteiger charge is -2.71. The molecule has 0 amide bonds. The summed E-state index contributed by atoms with van der Waals surface area (Å²) >= 11 is 0. The molecule has 2 saturated heterocycles. The minimum atomic E-state index is -0.619. The highest BCUT2D eigenvalue weighted by molar-refractivity contribution is 5.73. The zero-order valence-corrected chi connectivity index (χ0v) is 34.1. The van der Waals surface area contributed by atoms with Crippen LogP contribution in [0, 0.1) is 56.7 Å². The van der Waals surface area contributed by atoms with Gasteiger partial charge in [0.1, 0.15) is 6.33 Å². The fraction of sp³-hybridized carbons (Fsp3) is 0.773. The van der Waals surface area contributed by atoms with E-state index in [1.807, 2.05) is 12.3 Å². The van der Waals surface area contributed by atoms with E-state index in [2.05, 4.69) is 82.6 Å². The van der Waals surface area contributed by atoms with E-state index in [9.17, 15) is 9.90 Å². The fourth-order valence-corrected chi connectivity index (χ4v) is 13.8. The molecule has 0 aromatic carbocycles. The number of allylic oxidation sites excluding steroid dienone is 1. The lowest BCUT2D eigenvalue weighted by molar-refractivity contribution is -0.253. The highest BCUT2D eigenvalue weighted by atomic mass is 16.5. The van der Waals surface area contributed by atoms with Gasteiger partial charge in [-0.3, -0.25) is 9.78 Å². The zero-order valence-electron chi connectivity index (χ0n) is 34.1. The van der Waals surface area contributed by atoms with Crippen LogP contribution < -0.4 is 5.32 Å². The van der Waals surface area contributed by atoms with Crippen molar-refractivity contribution in [3.05, 3.63) is 42.5 Å². The third-order valence-corrected chi connectivity index (χ3v) is 17.4. The van der Waals surface area contributed by atoms with Crippen LogP contribution in [0.2, 0.25) is 0 Å². The number of pyridine rings is 1. The van der Waals surface area contributed by atoms with Crippen LogP contribution in [-0.2, 0) is 19.0 Å². The summed E-state index contributed by atoms with van der Waals surface area (Å²) < 4.78 is 22.1. The number of rotatable bonds is 9. The van der Waals surface area contributed by atoms with E-state index in [-0.39, 0.29) is 44.8 Å². The van der Waals surface area contributed by atoms with Crippen LogP contribution in [0.3, 0.4) is 0 Å². The molecule has 3 saturated carbocycles. The Kier molecular flexibility index (Phi) is 9.54. The number of ether oxygens (including phenoxy) is 3. The molecule has 4 aliphatic carbocycles. The van der Waals surface area contributed by atoms with Gasteiger partial charge in [-0.2, -0.15) is 5.10 Å². The van der Waals surface area contributed by atoms with E-state index < -0.39 is 11.9 Å². The Morgan fingerprint density at radius 2 is 1.83 bits per heavy atom. The third-order valence-electron chi connectivity index (χ3n) is 17.4. The van der Waals surface area contributed by atoms with E-state index in [0.29, 0.717) is 43.5 Å². The maximum Gasteiger partial charge on any atom is 0.307 e. The number of carboxylic acid groups (broad SMARTS) is 1. The van der Waals surface area contributed by atoms with Crippen molar-refractivity contribution >= 4 is 5.97 Å². The molecule has 11 atom stereocenters. The Hall–Kier alpha value is -2.66. The minimum absolute atomic E-state index is 0.0873. The lowest BCUT2D eigenvalue weighted by Crippen LogP contribution is -2.69. The van der Waals surface area contributed by atoms with Gasteiger partial charge in [-0.05, 0) is 110 Å². The topological polar surface area (TPSA) is 121 Å². The minimum Gasteiger partial charge on any atom is -0.481 e. The van der Waals surface area contributed by atoms with Gasteiger partial charge in [0.05, 0.1) is 37.9 Å². The summed E-state index contributed by atoms with van der Waals surface area (Å²) in [6, 6.07) is 3.94. The second kappa shape index (κ2) is 13.5. The molecule has 2 aromatic rings. The highest BCUT2D eigenvalue weighted by Crippen LogP contribution is 2.75. The number of aromatic nitrogens is 4. The summed E-state index contributed by atoms with van der Waals surface area (Å²) in [5.41, 5.74) is 1.03. The van der Waals surface area contributed by atoms with Gasteiger partial charge in [0, 0.05) is 47.5 Å². The number of hydrogen-bond acceptors (Lipinski definition) is 8. The predicted octanol–water partition coefficient (Wildman–Crippen LogP) is 7.62. The Bertz CT molecular complexity index is 1740.